The number of hydrogen-bond donors (Lipinski definition) is 2. The Hall–Kier alpha value is -3.71. The summed E-state index contributed by atoms with van der Waals surface area (Å²) in [5.74, 6) is 0.205. The average Bonchev–Trinajstić information content (AvgIpc) is 3.45. The molecule has 0 atom stereocenters. The smallest absolute Gasteiger partial charge is 0.252 e. The Kier molecular flexibility index (Phi) is 6.01. The first-order valence-corrected chi connectivity index (χ1v) is 10.5. The minimum Gasteiger partial charge on any atom is -0.351 e. The van der Waals surface area contributed by atoms with Gasteiger partial charge >= 0.3 is 0 Å². The number of carbonyl (C=O) groups excluding carboxylic acids is 2. The molecule has 30 heavy (non-hydrogen) atoms. The summed E-state index contributed by atoms with van der Waals surface area (Å²) >= 11 is 1.46. The Morgan fingerprint density at radius 3 is 2.40 bits per heavy atom. The highest BCUT2D eigenvalue weighted by atomic mass is 32.1. The quantitative estimate of drug-likeness (QED) is 0.470. The van der Waals surface area contributed by atoms with Crippen LogP contribution in [0.2, 0.25) is 0 Å². The number of aromatic nitrogens is 2. The van der Waals surface area contributed by atoms with Crippen molar-refractivity contribution >= 4 is 29.0 Å². The van der Waals surface area contributed by atoms with Gasteiger partial charge in [0.1, 0.15) is 5.82 Å². The molecule has 0 saturated heterocycles. The van der Waals surface area contributed by atoms with Gasteiger partial charge in [0.2, 0.25) is 5.91 Å². The van der Waals surface area contributed by atoms with Gasteiger partial charge in [0.15, 0.2) is 0 Å². The zero-order valence-corrected chi connectivity index (χ0v) is 16.9. The minimum absolute atomic E-state index is 0.163. The van der Waals surface area contributed by atoms with Crippen LogP contribution in [-0.4, -0.2) is 28.1 Å². The Morgan fingerprint density at radius 1 is 0.967 bits per heavy atom. The molecule has 0 aliphatic rings. The van der Waals surface area contributed by atoms with Crippen molar-refractivity contribution in [3.63, 3.8) is 0 Å². The van der Waals surface area contributed by atoms with Crippen LogP contribution in [0.1, 0.15) is 16.8 Å². The molecule has 4 aromatic rings. The van der Waals surface area contributed by atoms with Gasteiger partial charge in [-0.25, -0.2) is 4.68 Å². The monoisotopic (exact) mass is 416 g/mol. The van der Waals surface area contributed by atoms with Crippen LogP contribution < -0.4 is 10.6 Å². The molecule has 150 valence electrons. The molecule has 2 amide bonds. The van der Waals surface area contributed by atoms with Crippen LogP contribution in [0.25, 0.3) is 16.9 Å². The fraction of sp³-hybridized carbons (Fsp3) is 0.0870. The fourth-order valence-corrected chi connectivity index (χ4v) is 3.61. The molecule has 7 heteroatoms. The Labute approximate surface area is 178 Å². The van der Waals surface area contributed by atoms with E-state index in [1.807, 2.05) is 72.1 Å². The van der Waals surface area contributed by atoms with Gasteiger partial charge in [-0.05, 0) is 23.6 Å². The van der Waals surface area contributed by atoms with E-state index in [1.54, 1.807) is 16.1 Å². The highest BCUT2D eigenvalue weighted by Crippen LogP contribution is 2.24. The Balaban J connectivity index is 1.47. The third kappa shape index (κ3) is 4.64. The van der Waals surface area contributed by atoms with Gasteiger partial charge in [-0.3, -0.25) is 9.59 Å². The maximum atomic E-state index is 12.5. The summed E-state index contributed by atoms with van der Waals surface area (Å²) in [4.78, 5) is 24.5. The van der Waals surface area contributed by atoms with Crippen LogP contribution in [-0.2, 0) is 4.79 Å². The van der Waals surface area contributed by atoms with Crippen LogP contribution in [0, 0.1) is 0 Å². The van der Waals surface area contributed by atoms with E-state index in [4.69, 9.17) is 0 Å². The Morgan fingerprint density at radius 2 is 1.70 bits per heavy atom. The molecule has 2 aromatic carbocycles. The lowest BCUT2D eigenvalue weighted by atomic mass is 10.1. The second kappa shape index (κ2) is 9.19. The number of benzene rings is 2. The van der Waals surface area contributed by atoms with Crippen molar-refractivity contribution in [1.29, 1.82) is 0 Å². The second-order valence-corrected chi connectivity index (χ2v) is 7.37. The van der Waals surface area contributed by atoms with E-state index in [9.17, 15) is 9.59 Å². The number of carbonyl (C=O) groups is 2. The molecule has 2 N–H and O–H groups in total. The Bertz CT molecular complexity index is 1120. The molecule has 2 heterocycles. The molecule has 6 nitrogen and oxygen atoms in total. The molecular weight excluding hydrogens is 396 g/mol. The van der Waals surface area contributed by atoms with Crippen molar-refractivity contribution in [3.8, 4) is 16.9 Å². The van der Waals surface area contributed by atoms with Crippen molar-refractivity contribution in [2.24, 2.45) is 0 Å². The molecule has 0 radical (unpaired) electrons. The van der Waals surface area contributed by atoms with Gasteiger partial charge in [0.05, 0.1) is 11.4 Å². The summed E-state index contributed by atoms with van der Waals surface area (Å²) in [5.41, 5.74) is 3.18. The van der Waals surface area contributed by atoms with Crippen molar-refractivity contribution in [3.05, 3.63) is 89.1 Å². The SMILES string of the molecule is O=C(CCNC(=O)c1ccsc1)Nc1cc(-c2ccccc2)nn1-c1ccccc1. The summed E-state index contributed by atoms with van der Waals surface area (Å²) in [7, 11) is 0. The van der Waals surface area contributed by atoms with E-state index in [1.165, 1.54) is 11.3 Å². The van der Waals surface area contributed by atoms with E-state index in [2.05, 4.69) is 15.7 Å². The van der Waals surface area contributed by atoms with Crippen molar-refractivity contribution in [2.75, 3.05) is 11.9 Å². The summed E-state index contributed by atoms with van der Waals surface area (Å²) in [6, 6.07) is 23.0. The standard InChI is InChI=1S/C23H20N4O2S/c28-22(11-13-24-23(29)18-12-14-30-16-18)25-21-15-20(17-7-3-1-4-8-17)26-27(21)19-9-5-2-6-10-19/h1-10,12,14-16H,11,13H2,(H,24,29)(H,25,28). The van der Waals surface area contributed by atoms with Crippen molar-refractivity contribution in [2.45, 2.75) is 6.42 Å². The predicted octanol–water partition coefficient (Wildman–Crippen LogP) is 4.36. The summed E-state index contributed by atoms with van der Waals surface area (Å²) < 4.78 is 1.71. The number of amides is 2. The maximum absolute atomic E-state index is 12.5. The van der Waals surface area contributed by atoms with Crippen LogP contribution in [0.3, 0.4) is 0 Å². The van der Waals surface area contributed by atoms with Crippen molar-refractivity contribution < 1.29 is 9.59 Å². The molecule has 0 bridgehead atoms. The summed E-state index contributed by atoms with van der Waals surface area (Å²) in [5, 5.41) is 14.0. The number of rotatable bonds is 7. The van der Waals surface area contributed by atoms with Crippen LogP contribution in [0.15, 0.2) is 83.6 Å². The number of anilines is 1. The van der Waals surface area contributed by atoms with Crippen LogP contribution >= 0.6 is 11.3 Å². The molecule has 0 unspecified atom stereocenters. The summed E-state index contributed by atoms with van der Waals surface area (Å²) in [6.07, 6.45) is 0.163. The van der Waals surface area contributed by atoms with Gasteiger partial charge in [-0.15, -0.1) is 0 Å². The number of nitrogens with one attached hydrogen (secondary N) is 2. The van der Waals surface area contributed by atoms with Gasteiger partial charge in [0.25, 0.3) is 5.91 Å². The predicted molar refractivity (Wildman–Crippen MR) is 119 cm³/mol. The minimum atomic E-state index is -0.197. The van der Waals surface area contributed by atoms with E-state index in [0.29, 0.717) is 11.4 Å². The highest BCUT2D eigenvalue weighted by Gasteiger charge is 2.14. The lowest BCUT2D eigenvalue weighted by Gasteiger charge is -2.09. The zero-order chi connectivity index (χ0) is 20.8. The highest BCUT2D eigenvalue weighted by molar-refractivity contribution is 7.08. The number of para-hydroxylation sites is 1. The van der Waals surface area contributed by atoms with Gasteiger partial charge in [-0.1, -0.05) is 48.5 Å². The lowest BCUT2D eigenvalue weighted by molar-refractivity contribution is -0.116. The molecule has 0 aliphatic heterocycles. The van der Waals surface area contributed by atoms with Crippen LogP contribution in [0.4, 0.5) is 5.82 Å². The first kappa shape index (κ1) is 19.6. The maximum Gasteiger partial charge on any atom is 0.252 e. The topological polar surface area (TPSA) is 76.0 Å². The number of hydrogen-bond acceptors (Lipinski definition) is 4. The molecule has 4 rings (SSSR count). The van der Waals surface area contributed by atoms with Gasteiger partial charge in [-0.2, -0.15) is 16.4 Å². The summed E-state index contributed by atoms with van der Waals surface area (Å²) in [6.45, 7) is 0.255. The fourth-order valence-electron chi connectivity index (χ4n) is 2.98. The third-order valence-electron chi connectivity index (χ3n) is 4.47. The number of thiophene rings is 1. The van der Waals surface area contributed by atoms with E-state index >= 15 is 0 Å². The first-order valence-electron chi connectivity index (χ1n) is 9.52. The normalized spacial score (nSPS) is 10.5. The van der Waals surface area contributed by atoms with Gasteiger partial charge < -0.3 is 10.6 Å². The molecule has 0 saturated carbocycles. The van der Waals surface area contributed by atoms with E-state index in [0.717, 1.165) is 16.9 Å². The molecule has 2 aromatic heterocycles. The molecule has 0 aliphatic carbocycles. The largest absolute Gasteiger partial charge is 0.351 e. The zero-order valence-electron chi connectivity index (χ0n) is 16.1. The average molecular weight is 417 g/mol. The second-order valence-electron chi connectivity index (χ2n) is 6.59. The first-order chi connectivity index (χ1) is 14.7. The molecule has 0 spiro atoms. The lowest BCUT2D eigenvalue weighted by Crippen LogP contribution is -2.27. The third-order valence-corrected chi connectivity index (χ3v) is 5.15. The van der Waals surface area contributed by atoms with E-state index < -0.39 is 0 Å². The van der Waals surface area contributed by atoms with E-state index in [-0.39, 0.29) is 24.8 Å². The molecular formula is C23H20N4O2S. The number of nitrogens with zero attached hydrogens (tertiary/aromatic N) is 2. The van der Waals surface area contributed by atoms with Crippen LogP contribution in [0.5, 0.6) is 0 Å². The van der Waals surface area contributed by atoms with Gasteiger partial charge in [0, 0.05) is 35.5 Å². The van der Waals surface area contributed by atoms with Crippen molar-refractivity contribution in [1.82, 2.24) is 15.1 Å². The molecule has 0 fully saturated rings.